The van der Waals surface area contributed by atoms with E-state index >= 15 is 0 Å². The third kappa shape index (κ3) is 4.26. The number of benzene rings is 1. The lowest BCUT2D eigenvalue weighted by Gasteiger charge is -2.04. The molecule has 15 heavy (non-hydrogen) atoms. The molecule has 0 saturated carbocycles. The molecule has 0 atom stereocenters. The van der Waals surface area contributed by atoms with Crippen molar-refractivity contribution >= 4 is 12.3 Å². The van der Waals surface area contributed by atoms with Gasteiger partial charge in [-0.15, -0.1) is 0 Å². The van der Waals surface area contributed by atoms with Crippen LogP contribution in [0.2, 0.25) is 0 Å². The fourth-order valence-corrected chi connectivity index (χ4v) is 1.09. The lowest BCUT2D eigenvalue weighted by atomic mass is 10.2. The number of carboxylic acid groups (broad SMARTS) is 1. The van der Waals surface area contributed by atoms with Crippen molar-refractivity contribution in [1.82, 2.24) is 0 Å². The Kier molecular flexibility index (Phi) is 4.34. The third-order valence-electron chi connectivity index (χ3n) is 1.80. The predicted octanol–water partition coefficient (Wildman–Crippen LogP) is 1.74. The maximum absolute atomic E-state index is 10.4. The molecule has 0 aliphatic heterocycles. The van der Waals surface area contributed by atoms with Crippen molar-refractivity contribution in [2.24, 2.45) is 0 Å². The zero-order valence-electron chi connectivity index (χ0n) is 8.18. The second-order valence-electron chi connectivity index (χ2n) is 3.04. The van der Waals surface area contributed by atoms with Gasteiger partial charge in [-0.25, -0.2) is 0 Å². The van der Waals surface area contributed by atoms with Crippen molar-refractivity contribution in [2.75, 3.05) is 6.61 Å². The van der Waals surface area contributed by atoms with Gasteiger partial charge in [0.25, 0.3) is 0 Å². The zero-order chi connectivity index (χ0) is 11.1. The van der Waals surface area contributed by atoms with Crippen LogP contribution in [0.25, 0.3) is 0 Å². The summed E-state index contributed by atoms with van der Waals surface area (Å²) in [5.74, 6) is -0.245. The van der Waals surface area contributed by atoms with Gasteiger partial charge in [-0.2, -0.15) is 0 Å². The van der Waals surface area contributed by atoms with Crippen LogP contribution in [0.1, 0.15) is 23.2 Å². The smallest absolute Gasteiger partial charge is 0.303 e. The molecule has 1 N–H and O–H groups in total. The molecule has 0 bridgehead atoms. The van der Waals surface area contributed by atoms with Gasteiger partial charge in [-0.3, -0.25) is 9.59 Å². The van der Waals surface area contributed by atoms with E-state index in [9.17, 15) is 9.59 Å². The van der Waals surface area contributed by atoms with Gasteiger partial charge in [0.2, 0.25) is 0 Å². The van der Waals surface area contributed by atoms with Crippen molar-refractivity contribution < 1.29 is 19.4 Å². The van der Waals surface area contributed by atoms with Crippen LogP contribution in [-0.2, 0) is 4.79 Å². The maximum atomic E-state index is 10.4. The summed E-state index contributed by atoms with van der Waals surface area (Å²) in [5.41, 5.74) is 0.547. The molecule has 80 valence electrons. The summed E-state index contributed by atoms with van der Waals surface area (Å²) in [6.45, 7) is 0.342. The Morgan fingerprint density at radius 2 is 2.27 bits per heavy atom. The molecule has 0 aromatic heterocycles. The van der Waals surface area contributed by atoms with Crippen molar-refractivity contribution in [3.63, 3.8) is 0 Å². The van der Waals surface area contributed by atoms with E-state index in [0.717, 1.165) is 6.29 Å². The first-order valence-electron chi connectivity index (χ1n) is 4.62. The predicted molar refractivity (Wildman–Crippen MR) is 54.2 cm³/mol. The Morgan fingerprint density at radius 3 is 2.93 bits per heavy atom. The lowest BCUT2D eigenvalue weighted by molar-refractivity contribution is -0.137. The van der Waals surface area contributed by atoms with Crippen LogP contribution in [0.3, 0.4) is 0 Å². The van der Waals surface area contributed by atoms with Gasteiger partial charge in [-0.05, 0) is 18.6 Å². The SMILES string of the molecule is O=Cc1cccc(OCCCC(=O)O)c1. The van der Waals surface area contributed by atoms with Gasteiger partial charge in [0, 0.05) is 12.0 Å². The molecule has 0 unspecified atom stereocenters. The van der Waals surface area contributed by atoms with E-state index in [4.69, 9.17) is 9.84 Å². The molecule has 0 saturated heterocycles. The summed E-state index contributed by atoms with van der Waals surface area (Å²) in [6, 6.07) is 6.74. The minimum Gasteiger partial charge on any atom is -0.494 e. The number of hydrogen-bond acceptors (Lipinski definition) is 3. The van der Waals surface area contributed by atoms with Gasteiger partial charge in [0.15, 0.2) is 0 Å². The number of carboxylic acids is 1. The molecular formula is C11H12O4. The van der Waals surface area contributed by atoms with Crippen molar-refractivity contribution in [3.05, 3.63) is 29.8 Å². The van der Waals surface area contributed by atoms with E-state index in [-0.39, 0.29) is 6.42 Å². The maximum Gasteiger partial charge on any atom is 0.303 e. The van der Waals surface area contributed by atoms with E-state index < -0.39 is 5.97 Å². The molecule has 0 aliphatic rings. The quantitative estimate of drug-likeness (QED) is 0.571. The van der Waals surface area contributed by atoms with E-state index in [1.54, 1.807) is 24.3 Å². The number of aliphatic carboxylic acids is 1. The molecule has 0 heterocycles. The molecule has 1 aromatic rings. The van der Waals surface area contributed by atoms with Crippen LogP contribution in [0.15, 0.2) is 24.3 Å². The summed E-state index contributed by atoms with van der Waals surface area (Å²) in [4.78, 5) is 20.7. The zero-order valence-corrected chi connectivity index (χ0v) is 8.18. The molecule has 1 aromatic carbocycles. The van der Waals surface area contributed by atoms with Gasteiger partial charge in [0.1, 0.15) is 12.0 Å². The fourth-order valence-electron chi connectivity index (χ4n) is 1.09. The topological polar surface area (TPSA) is 63.6 Å². The average Bonchev–Trinajstić information content (AvgIpc) is 2.24. The Balaban J connectivity index is 2.37. The number of ether oxygens (including phenoxy) is 1. The Labute approximate surface area is 87.5 Å². The molecule has 1 rings (SSSR count). The first-order valence-corrected chi connectivity index (χ1v) is 4.62. The minimum absolute atomic E-state index is 0.0906. The number of rotatable bonds is 6. The largest absolute Gasteiger partial charge is 0.494 e. The highest BCUT2D eigenvalue weighted by Gasteiger charge is 1.98. The van der Waals surface area contributed by atoms with Gasteiger partial charge in [-0.1, -0.05) is 12.1 Å². The molecule has 0 aliphatic carbocycles. The summed E-state index contributed by atoms with van der Waals surface area (Å²) in [5, 5.41) is 8.39. The molecule has 0 radical (unpaired) electrons. The van der Waals surface area contributed by atoms with Crippen LogP contribution in [0, 0.1) is 0 Å². The standard InChI is InChI=1S/C11H12O4/c12-8-9-3-1-4-10(7-9)15-6-2-5-11(13)14/h1,3-4,7-8H,2,5-6H2,(H,13,14). The molecule has 0 spiro atoms. The van der Waals surface area contributed by atoms with Crippen molar-refractivity contribution in [3.8, 4) is 5.75 Å². The highest BCUT2D eigenvalue weighted by Crippen LogP contribution is 2.12. The summed E-state index contributed by atoms with van der Waals surface area (Å²) < 4.78 is 5.28. The second kappa shape index (κ2) is 5.80. The summed E-state index contributed by atoms with van der Waals surface area (Å²) in [7, 11) is 0. The molecule has 4 nitrogen and oxygen atoms in total. The van der Waals surface area contributed by atoms with E-state index in [2.05, 4.69) is 0 Å². The van der Waals surface area contributed by atoms with Crippen LogP contribution in [0.5, 0.6) is 5.75 Å². The minimum atomic E-state index is -0.833. The first kappa shape index (κ1) is 11.2. The molecule has 0 fully saturated rings. The number of carbonyl (C=O) groups excluding carboxylic acids is 1. The fraction of sp³-hybridized carbons (Fsp3) is 0.273. The molecular weight excluding hydrogens is 196 g/mol. The Bertz CT molecular complexity index is 346. The van der Waals surface area contributed by atoms with Crippen LogP contribution in [-0.4, -0.2) is 24.0 Å². The van der Waals surface area contributed by atoms with Crippen LogP contribution in [0.4, 0.5) is 0 Å². The molecule has 0 amide bonds. The number of hydrogen-bond donors (Lipinski definition) is 1. The van der Waals surface area contributed by atoms with Crippen molar-refractivity contribution in [2.45, 2.75) is 12.8 Å². The van der Waals surface area contributed by atoms with Crippen LogP contribution >= 0.6 is 0 Å². The van der Waals surface area contributed by atoms with Crippen LogP contribution < -0.4 is 4.74 Å². The molecule has 4 heteroatoms. The summed E-state index contributed by atoms with van der Waals surface area (Å²) >= 11 is 0. The van der Waals surface area contributed by atoms with Crippen molar-refractivity contribution in [1.29, 1.82) is 0 Å². The van der Waals surface area contributed by atoms with E-state index in [0.29, 0.717) is 24.3 Å². The van der Waals surface area contributed by atoms with Gasteiger partial charge in [0.05, 0.1) is 6.61 Å². The average molecular weight is 208 g/mol. The summed E-state index contributed by atoms with van der Waals surface area (Å²) in [6.07, 6.45) is 1.29. The van der Waals surface area contributed by atoms with Gasteiger partial charge < -0.3 is 9.84 Å². The normalized spacial score (nSPS) is 9.60. The van der Waals surface area contributed by atoms with E-state index in [1.807, 2.05) is 0 Å². The Morgan fingerprint density at radius 1 is 1.47 bits per heavy atom. The monoisotopic (exact) mass is 208 g/mol. The third-order valence-corrected chi connectivity index (χ3v) is 1.80. The van der Waals surface area contributed by atoms with Gasteiger partial charge >= 0.3 is 5.97 Å². The Hall–Kier alpha value is -1.84. The second-order valence-corrected chi connectivity index (χ2v) is 3.04. The highest BCUT2D eigenvalue weighted by molar-refractivity contribution is 5.75. The lowest BCUT2D eigenvalue weighted by Crippen LogP contribution is -2.02. The first-order chi connectivity index (χ1) is 7.22. The number of carbonyl (C=O) groups is 2. The number of aldehydes is 1. The van der Waals surface area contributed by atoms with E-state index in [1.165, 1.54) is 0 Å². The highest BCUT2D eigenvalue weighted by atomic mass is 16.5.